The molecule has 0 saturated heterocycles. The monoisotopic (exact) mass is 405 g/mol. The van der Waals surface area contributed by atoms with E-state index in [0.717, 1.165) is 11.1 Å². The average molecular weight is 406 g/mol. The second-order valence-corrected chi connectivity index (χ2v) is 8.80. The van der Waals surface area contributed by atoms with Gasteiger partial charge < -0.3 is 9.64 Å². The molecule has 2 aromatic rings. The summed E-state index contributed by atoms with van der Waals surface area (Å²) in [5.74, 6) is 0.188. The minimum Gasteiger partial charge on any atom is -0.483 e. The van der Waals surface area contributed by atoms with Gasteiger partial charge in [-0.15, -0.1) is 0 Å². The number of rotatable bonds is 6. The zero-order chi connectivity index (χ0) is 19.4. The highest BCUT2D eigenvalue weighted by molar-refractivity contribution is 7.94. The molecule has 3 rings (SSSR count). The van der Waals surface area contributed by atoms with E-state index in [9.17, 15) is 13.2 Å². The van der Waals surface area contributed by atoms with E-state index in [1.54, 1.807) is 29.2 Å². The Morgan fingerprint density at radius 3 is 2.59 bits per heavy atom. The summed E-state index contributed by atoms with van der Waals surface area (Å²) in [5, 5.41) is 1.77. The molecule has 1 heterocycles. The van der Waals surface area contributed by atoms with Crippen molar-refractivity contribution in [3.8, 4) is 5.75 Å². The van der Waals surface area contributed by atoms with Gasteiger partial charge in [0.1, 0.15) is 5.75 Å². The molecule has 5 nitrogen and oxygen atoms in total. The van der Waals surface area contributed by atoms with Crippen LogP contribution in [0, 0.1) is 6.92 Å². The van der Waals surface area contributed by atoms with Crippen LogP contribution < -0.4 is 4.74 Å². The van der Waals surface area contributed by atoms with Crippen LogP contribution in [0.4, 0.5) is 0 Å². The fourth-order valence-corrected chi connectivity index (χ4v) is 4.45. The molecule has 27 heavy (non-hydrogen) atoms. The van der Waals surface area contributed by atoms with Crippen LogP contribution in [0.5, 0.6) is 5.75 Å². The molecule has 1 aliphatic rings. The van der Waals surface area contributed by atoms with Gasteiger partial charge >= 0.3 is 0 Å². The van der Waals surface area contributed by atoms with Gasteiger partial charge in [0.15, 0.2) is 16.4 Å². The lowest BCUT2D eigenvalue weighted by atomic mass is 10.1. The zero-order valence-electron chi connectivity index (χ0n) is 14.8. The number of amides is 1. The van der Waals surface area contributed by atoms with Crippen molar-refractivity contribution in [2.45, 2.75) is 19.5 Å². The predicted molar refractivity (Wildman–Crippen MR) is 105 cm³/mol. The molecule has 7 heteroatoms. The highest BCUT2D eigenvalue weighted by atomic mass is 35.5. The van der Waals surface area contributed by atoms with E-state index in [4.69, 9.17) is 16.3 Å². The van der Waals surface area contributed by atoms with Crippen molar-refractivity contribution in [3.63, 3.8) is 0 Å². The Labute approximate surface area is 164 Å². The second kappa shape index (κ2) is 8.15. The topological polar surface area (TPSA) is 63.7 Å². The predicted octanol–water partition coefficient (Wildman–Crippen LogP) is 3.37. The van der Waals surface area contributed by atoms with Crippen LogP contribution in [0.15, 0.2) is 60.0 Å². The zero-order valence-corrected chi connectivity index (χ0v) is 16.4. The lowest BCUT2D eigenvalue weighted by molar-refractivity contribution is -0.135. The number of aryl methyl sites for hydroxylation is 1. The third-order valence-electron chi connectivity index (χ3n) is 4.32. The van der Waals surface area contributed by atoms with Gasteiger partial charge in [0.25, 0.3) is 5.91 Å². The third-order valence-corrected chi connectivity index (χ3v) is 5.93. The maximum absolute atomic E-state index is 12.8. The van der Waals surface area contributed by atoms with Crippen molar-refractivity contribution in [2.75, 3.05) is 12.4 Å². The van der Waals surface area contributed by atoms with E-state index in [1.165, 1.54) is 5.41 Å². The van der Waals surface area contributed by atoms with Crippen molar-refractivity contribution in [2.24, 2.45) is 0 Å². The molecule has 0 N–H and O–H groups in total. The second-order valence-electron chi connectivity index (χ2n) is 6.43. The molecule has 0 spiro atoms. The number of carbonyl (C=O) groups excluding carboxylic acids is 1. The molecule has 0 saturated carbocycles. The molecule has 0 aliphatic carbocycles. The van der Waals surface area contributed by atoms with Crippen LogP contribution in [0.1, 0.15) is 11.1 Å². The minimum absolute atomic E-state index is 0.106. The summed E-state index contributed by atoms with van der Waals surface area (Å²) in [6.07, 6.45) is 1.56. The van der Waals surface area contributed by atoms with Gasteiger partial charge in [0.2, 0.25) is 0 Å². The molecule has 0 aromatic heterocycles. The number of benzene rings is 2. The lowest BCUT2D eigenvalue weighted by Crippen LogP contribution is -2.42. The van der Waals surface area contributed by atoms with Gasteiger partial charge in [-0.1, -0.05) is 41.9 Å². The summed E-state index contributed by atoms with van der Waals surface area (Å²) in [7, 11) is -3.27. The van der Waals surface area contributed by atoms with Crippen molar-refractivity contribution in [1.29, 1.82) is 0 Å². The van der Waals surface area contributed by atoms with Crippen molar-refractivity contribution >= 4 is 27.3 Å². The molecule has 0 bridgehead atoms. The van der Waals surface area contributed by atoms with Gasteiger partial charge in [-0.25, -0.2) is 8.42 Å². The van der Waals surface area contributed by atoms with Gasteiger partial charge in [-0.05, 0) is 42.3 Å². The molecular formula is C20H20ClNO4S. The molecule has 0 fully saturated rings. The maximum Gasteiger partial charge on any atom is 0.261 e. The highest BCUT2D eigenvalue weighted by Gasteiger charge is 2.30. The standard InChI is InChI=1S/C20H20ClNO4S/c1-15-11-17(21)7-8-19(15)26-13-20(23)22(12-16-5-3-2-4-6-16)18-9-10-27(24,25)14-18/h2-11,18H,12-14H2,1H3/t18-/m1/s1. The Bertz CT molecular complexity index is 957. The van der Waals surface area contributed by atoms with Crippen LogP contribution in [0.2, 0.25) is 5.02 Å². The fourth-order valence-electron chi connectivity index (χ4n) is 2.92. The van der Waals surface area contributed by atoms with Gasteiger partial charge in [0, 0.05) is 17.0 Å². The molecular weight excluding hydrogens is 386 g/mol. The first kappa shape index (κ1) is 19.5. The number of hydrogen-bond acceptors (Lipinski definition) is 4. The van der Waals surface area contributed by atoms with Crippen LogP contribution in [-0.4, -0.2) is 37.6 Å². The number of halogens is 1. The molecule has 1 atom stereocenters. The third kappa shape index (κ3) is 5.11. The van der Waals surface area contributed by atoms with E-state index in [-0.39, 0.29) is 18.3 Å². The molecule has 1 amide bonds. The Balaban J connectivity index is 1.75. The van der Waals surface area contributed by atoms with Crippen LogP contribution in [0.3, 0.4) is 0 Å². The van der Waals surface area contributed by atoms with E-state index in [1.807, 2.05) is 37.3 Å². The van der Waals surface area contributed by atoms with E-state index in [0.29, 0.717) is 17.3 Å². The Kier molecular flexibility index (Phi) is 5.87. The molecule has 2 aromatic carbocycles. The summed E-state index contributed by atoms with van der Waals surface area (Å²) in [5.41, 5.74) is 1.75. The van der Waals surface area contributed by atoms with Crippen LogP contribution in [0.25, 0.3) is 0 Å². The Hall–Kier alpha value is -2.31. The van der Waals surface area contributed by atoms with Crippen molar-refractivity contribution in [3.05, 3.63) is 76.2 Å². The number of sulfone groups is 1. The summed E-state index contributed by atoms with van der Waals surface area (Å²) in [6, 6.07) is 14.1. The number of nitrogens with zero attached hydrogens (tertiary/aromatic N) is 1. The van der Waals surface area contributed by atoms with Crippen LogP contribution in [-0.2, 0) is 21.2 Å². The SMILES string of the molecule is Cc1cc(Cl)ccc1OCC(=O)N(Cc1ccccc1)[C@@H]1C=CS(=O)(=O)C1. The number of ether oxygens (including phenoxy) is 1. The van der Waals surface area contributed by atoms with Gasteiger partial charge in [-0.3, -0.25) is 4.79 Å². The smallest absolute Gasteiger partial charge is 0.261 e. The van der Waals surface area contributed by atoms with Crippen molar-refractivity contribution < 1.29 is 17.9 Å². The van der Waals surface area contributed by atoms with Crippen molar-refractivity contribution in [1.82, 2.24) is 4.90 Å². The summed E-state index contributed by atoms with van der Waals surface area (Å²) in [4.78, 5) is 14.4. The molecule has 0 unspecified atom stereocenters. The Morgan fingerprint density at radius 2 is 1.96 bits per heavy atom. The van der Waals surface area contributed by atoms with E-state index < -0.39 is 15.9 Å². The summed E-state index contributed by atoms with van der Waals surface area (Å²) >= 11 is 5.94. The van der Waals surface area contributed by atoms with Gasteiger partial charge in [-0.2, -0.15) is 0 Å². The quantitative estimate of drug-likeness (QED) is 0.739. The lowest BCUT2D eigenvalue weighted by Gasteiger charge is -2.28. The first-order valence-electron chi connectivity index (χ1n) is 8.47. The largest absolute Gasteiger partial charge is 0.483 e. The van der Waals surface area contributed by atoms with Crippen LogP contribution >= 0.6 is 11.6 Å². The van der Waals surface area contributed by atoms with Gasteiger partial charge in [0.05, 0.1) is 11.8 Å². The van der Waals surface area contributed by atoms with E-state index >= 15 is 0 Å². The van der Waals surface area contributed by atoms with E-state index in [2.05, 4.69) is 0 Å². The Morgan fingerprint density at radius 1 is 1.22 bits per heavy atom. The number of carbonyl (C=O) groups is 1. The normalized spacial score (nSPS) is 17.6. The highest BCUT2D eigenvalue weighted by Crippen LogP contribution is 2.23. The fraction of sp³-hybridized carbons (Fsp3) is 0.250. The minimum atomic E-state index is -3.27. The molecule has 1 aliphatic heterocycles. The molecule has 0 radical (unpaired) electrons. The number of hydrogen-bond donors (Lipinski definition) is 0. The summed E-state index contributed by atoms with van der Waals surface area (Å²) in [6.45, 7) is 1.98. The molecule has 142 valence electrons. The first-order valence-corrected chi connectivity index (χ1v) is 10.6. The average Bonchev–Trinajstić information content (AvgIpc) is 2.99. The first-order chi connectivity index (χ1) is 12.8. The summed E-state index contributed by atoms with van der Waals surface area (Å²) < 4.78 is 29.3. The maximum atomic E-state index is 12.8.